The highest BCUT2D eigenvalue weighted by atomic mass is 35.7. The van der Waals surface area contributed by atoms with Crippen LogP contribution in [0.3, 0.4) is 0 Å². The average Bonchev–Trinajstić information content (AvgIpc) is 1.59. The van der Waals surface area contributed by atoms with Crippen LogP contribution in [-0.4, -0.2) is 14.2 Å². The molecule has 0 bridgehead atoms. The molecule has 0 saturated carbocycles. The lowest BCUT2D eigenvalue weighted by Gasteiger charge is -1.81. The van der Waals surface area contributed by atoms with E-state index in [0.29, 0.717) is 0 Å². The Hall–Kier alpha value is -0.0200. The van der Waals surface area contributed by atoms with E-state index >= 15 is 0 Å². The Morgan fingerprint density at radius 1 is 1.62 bits per heavy atom. The molecule has 0 fully saturated rings. The van der Waals surface area contributed by atoms with Gasteiger partial charge in [0.15, 0.2) is 0 Å². The van der Waals surface area contributed by atoms with Gasteiger partial charge in [-0.15, -0.1) is 0 Å². The van der Waals surface area contributed by atoms with E-state index < -0.39 is 9.05 Å². The Balaban J connectivity index is 3.76. The fraction of sp³-hybridized carbons (Fsp3) is 0.500. The molecule has 48 valence electrons. The molecule has 8 heavy (non-hydrogen) atoms. The Labute approximate surface area is 53.6 Å². The third kappa shape index (κ3) is 5.98. The van der Waals surface area contributed by atoms with E-state index in [1.165, 1.54) is 6.08 Å². The van der Waals surface area contributed by atoms with Crippen LogP contribution >= 0.6 is 10.7 Å². The summed E-state index contributed by atoms with van der Waals surface area (Å²) in [6.07, 6.45) is 3.13. The zero-order chi connectivity index (χ0) is 6.62. The molecule has 0 unspecified atom stereocenters. The van der Waals surface area contributed by atoms with E-state index in [-0.39, 0.29) is 5.75 Å². The lowest BCUT2D eigenvalue weighted by Crippen LogP contribution is -1.91. The topological polar surface area (TPSA) is 34.1 Å². The molecule has 0 amide bonds. The summed E-state index contributed by atoms with van der Waals surface area (Å²) in [4.78, 5) is 0. The first kappa shape index (κ1) is 7.98. The molecular formula is C4H7ClO2S. The van der Waals surface area contributed by atoms with Crippen molar-refractivity contribution < 1.29 is 8.42 Å². The SMILES string of the molecule is C/C=C\CS(=O)(=O)Cl. The highest BCUT2D eigenvalue weighted by molar-refractivity contribution is 8.13. The molecular weight excluding hydrogens is 148 g/mol. The minimum atomic E-state index is -3.30. The maximum atomic E-state index is 10.1. The van der Waals surface area contributed by atoms with Gasteiger partial charge in [0, 0.05) is 10.7 Å². The van der Waals surface area contributed by atoms with Crippen LogP contribution in [0.2, 0.25) is 0 Å². The van der Waals surface area contributed by atoms with Crippen molar-refractivity contribution in [2.75, 3.05) is 5.75 Å². The predicted octanol–water partition coefficient (Wildman–Crippen LogP) is 1.13. The molecule has 0 aliphatic carbocycles. The van der Waals surface area contributed by atoms with E-state index in [1.54, 1.807) is 13.0 Å². The summed E-state index contributed by atoms with van der Waals surface area (Å²) in [5, 5.41) is 0. The van der Waals surface area contributed by atoms with Crippen LogP contribution in [0.5, 0.6) is 0 Å². The van der Waals surface area contributed by atoms with E-state index in [9.17, 15) is 8.42 Å². The molecule has 0 saturated heterocycles. The minimum Gasteiger partial charge on any atom is -0.212 e. The molecule has 0 aromatic heterocycles. The summed E-state index contributed by atoms with van der Waals surface area (Å²) >= 11 is 0. The summed E-state index contributed by atoms with van der Waals surface area (Å²) < 4.78 is 20.2. The number of rotatable bonds is 2. The highest BCUT2D eigenvalue weighted by Gasteiger charge is 1.97. The quantitative estimate of drug-likeness (QED) is 0.442. The van der Waals surface area contributed by atoms with Gasteiger partial charge >= 0.3 is 0 Å². The maximum Gasteiger partial charge on any atom is 0.236 e. The second-order valence-corrected chi connectivity index (χ2v) is 4.10. The van der Waals surface area contributed by atoms with E-state index in [4.69, 9.17) is 10.7 Å². The molecule has 0 aromatic rings. The van der Waals surface area contributed by atoms with Crippen LogP contribution in [0.15, 0.2) is 12.2 Å². The summed E-state index contributed by atoms with van der Waals surface area (Å²) in [6, 6.07) is 0. The molecule has 2 nitrogen and oxygen atoms in total. The van der Waals surface area contributed by atoms with Crippen LogP contribution in [0, 0.1) is 0 Å². The van der Waals surface area contributed by atoms with Gasteiger partial charge in [0.25, 0.3) is 0 Å². The second-order valence-electron chi connectivity index (χ2n) is 1.27. The molecule has 0 aromatic carbocycles. The van der Waals surface area contributed by atoms with Crippen molar-refractivity contribution in [3.8, 4) is 0 Å². The molecule has 0 heterocycles. The first-order chi connectivity index (χ1) is 3.56. The van der Waals surface area contributed by atoms with Gasteiger partial charge in [-0.1, -0.05) is 12.2 Å². The average molecular weight is 155 g/mol. The van der Waals surface area contributed by atoms with E-state index in [1.807, 2.05) is 0 Å². The summed E-state index contributed by atoms with van der Waals surface area (Å²) in [5.41, 5.74) is 0. The number of halogens is 1. The smallest absolute Gasteiger partial charge is 0.212 e. The second kappa shape index (κ2) is 3.10. The molecule has 0 N–H and O–H groups in total. The third-order valence-electron chi connectivity index (χ3n) is 0.531. The fourth-order valence-electron chi connectivity index (χ4n) is 0.211. The monoisotopic (exact) mass is 154 g/mol. The van der Waals surface area contributed by atoms with Crippen LogP contribution in [-0.2, 0) is 9.05 Å². The van der Waals surface area contributed by atoms with Crippen LogP contribution in [0.1, 0.15) is 6.92 Å². The summed E-state index contributed by atoms with van der Waals surface area (Å²) in [5.74, 6) is -0.0783. The Morgan fingerprint density at radius 3 is 2.25 bits per heavy atom. The van der Waals surface area contributed by atoms with Gasteiger partial charge in [0.1, 0.15) is 0 Å². The standard InChI is InChI=1S/C4H7ClO2S/c1-2-3-4-8(5,6)7/h2-3H,4H2,1H3/b3-2-. The summed E-state index contributed by atoms with van der Waals surface area (Å²) in [6.45, 7) is 1.74. The van der Waals surface area contributed by atoms with Gasteiger partial charge < -0.3 is 0 Å². The van der Waals surface area contributed by atoms with Gasteiger partial charge in [-0.25, -0.2) is 8.42 Å². The van der Waals surface area contributed by atoms with Crippen molar-refractivity contribution in [3.05, 3.63) is 12.2 Å². The summed E-state index contributed by atoms with van der Waals surface area (Å²) in [7, 11) is 1.53. The predicted molar refractivity (Wildman–Crippen MR) is 34.5 cm³/mol. The Bertz CT molecular complexity index is 168. The lowest BCUT2D eigenvalue weighted by molar-refractivity contribution is 0.612. The normalized spacial score (nSPS) is 12.8. The Morgan fingerprint density at radius 2 is 2.12 bits per heavy atom. The zero-order valence-electron chi connectivity index (χ0n) is 4.46. The first-order valence-corrected chi connectivity index (χ1v) is 4.57. The van der Waals surface area contributed by atoms with Crippen molar-refractivity contribution in [1.82, 2.24) is 0 Å². The van der Waals surface area contributed by atoms with Crippen molar-refractivity contribution in [2.24, 2.45) is 0 Å². The Kier molecular flexibility index (Phi) is 3.09. The van der Waals surface area contributed by atoms with E-state index in [2.05, 4.69) is 0 Å². The fourth-order valence-corrected chi connectivity index (χ4v) is 0.852. The molecule has 0 rings (SSSR count). The number of allylic oxidation sites excluding steroid dienone is 1. The third-order valence-corrected chi connectivity index (χ3v) is 1.50. The van der Waals surface area contributed by atoms with E-state index in [0.717, 1.165) is 0 Å². The van der Waals surface area contributed by atoms with Gasteiger partial charge in [0.05, 0.1) is 5.75 Å². The number of hydrogen-bond donors (Lipinski definition) is 0. The van der Waals surface area contributed by atoms with Gasteiger partial charge in [-0.2, -0.15) is 0 Å². The highest BCUT2D eigenvalue weighted by Crippen LogP contribution is 1.94. The van der Waals surface area contributed by atoms with Crippen molar-refractivity contribution in [2.45, 2.75) is 6.92 Å². The largest absolute Gasteiger partial charge is 0.236 e. The molecule has 4 heteroatoms. The first-order valence-electron chi connectivity index (χ1n) is 2.10. The van der Waals surface area contributed by atoms with Gasteiger partial charge in [-0.05, 0) is 6.92 Å². The van der Waals surface area contributed by atoms with Crippen LogP contribution in [0.25, 0.3) is 0 Å². The van der Waals surface area contributed by atoms with Crippen LogP contribution in [0.4, 0.5) is 0 Å². The molecule has 0 atom stereocenters. The molecule has 0 radical (unpaired) electrons. The van der Waals surface area contributed by atoms with Gasteiger partial charge in [0.2, 0.25) is 9.05 Å². The van der Waals surface area contributed by atoms with Crippen molar-refractivity contribution in [3.63, 3.8) is 0 Å². The van der Waals surface area contributed by atoms with Crippen LogP contribution < -0.4 is 0 Å². The maximum absolute atomic E-state index is 10.1. The van der Waals surface area contributed by atoms with Crippen molar-refractivity contribution in [1.29, 1.82) is 0 Å². The number of hydrogen-bond acceptors (Lipinski definition) is 2. The van der Waals surface area contributed by atoms with Crippen molar-refractivity contribution >= 4 is 19.7 Å². The minimum absolute atomic E-state index is 0.0783. The zero-order valence-corrected chi connectivity index (χ0v) is 6.04. The van der Waals surface area contributed by atoms with Gasteiger partial charge in [-0.3, -0.25) is 0 Å². The lowest BCUT2D eigenvalue weighted by atomic mass is 10.6. The molecule has 0 aliphatic rings. The molecule has 0 spiro atoms. The molecule has 0 aliphatic heterocycles.